The fourth-order valence-corrected chi connectivity index (χ4v) is 2.83. The highest BCUT2D eigenvalue weighted by Gasteiger charge is 2.20. The van der Waals surface area contributed by atoms with E-state index in [0.717, 1.165) is 36.9 Å². The molecule has 1 fully saturated rings. The number of benzene rings is 1. The molecule has 2 unspecified atom stereocenters. The monoisotopic (exact) mass is 262 g/mol. The summed E-state index contributed by atoms with van der Waals surface area (Å²) < 4.78 is 0. The van der Waals surface area contributed by atoms with Gasteiger partial charge in [0.25, 0.3) is 5.69 Å². The molecule has 0 saturated heterocycles. The zero-order valence-corrected chi connectivity index (χ0v) is 11.5. The third-order valence-electron chi connectivity index (χ3n) is 3.97. The molecule has 1 aliphatic rings. The van der Waals surface area contributed by atoms with Gasteiger partial charge in [0.15, 0.2) is 0 Å². The molecule has 19 heavy (non-hydrogen) atoms. The van der Waals surface area contributed by atoms with Gasteiger partial charge in [0.1, 0.15) is 0 Å². The van der Waals surface area contributed by atoms with E-state index in [0.29, 0.717) is 0 Å². The van der Waals surface area contributed by atoms with Gasteiger partial charge in [-0.1, -0.05) is 25.5 Å². The summed E-state index contributed by atoms with van der Waals surface area (Å²) in [7, 11) is 0. The van der Waals surface area contributed by atoms with E-state index in [9.17, 15) is 10.1 Å². The lowest BCUT2D eigenvalue weighted by atomic mass is 10.1. The molecule has 4 heteroatoms. The van der Waals surface area contributed by atoms with E-state index in [1.54, 1.807) is 12.1 Å². The molecule has 0 aliphatic heterocycles. The van der Waals surface area contributed by atoms with Crippen molar-refractivity contribution < 1.29 is 4.92 Å². The average Bonchev–Trinajstić information content (AvgIpc) is 2.81. The zero-order chi connectivity index (χ0) is 13.7. The standard InChI is InChI=1S/C15H22N2O2/c1-12-2-3-14(10-12)11-16-9-8-13-4-6-15(7-5-13)17(18)19/h4-7,12,14,16H,2-3,8-11H2,1H3. The Kier molecular flexibility index (Phi) is 4.91. The van der Waals surface area contributed by atoms with E-state index in [1.807, 2.05) is 12.1 Å². The minimum atomic E-state index is -0.358. The molecule has 0 bridgehead atoms. The summed E-state index contributed by atoms with van der Waals surface area (Å²) in [5, 5.41) is 14.0. The third-order valence-corrected chi connectivity index (χ3v) is 3.97. The molecule has 1 aromatic carbocycles. The fraction of sp³-hybridized carbons (Fsp3) is 0.600. The molecule has 0 heterocycles. The molecule has 4 nitrogen and oxygen atoms in total. The van der Waals surface area contributed by atoms with Gasteiger partial charge in [0.2, 0.25) is 0 Å². The smallest absolute Gasteiger partial charge is 0.269 e. The molecule has 0 aromatic heterocycles. The van der Waals surface area contributed by atoms with Crippen molar-refractivity contribution in [3.8, 4) is 0 Å². The van der Waals surface area contributed by atoms with Gasteiger partial charge in [-0.3, -0.25) is 10.1 Å². The SMILES string of the molecule is CC1CCC(CNCCc2ccc([N+](=O)[O-])cc2)C1. The van der Waals surface area contributed by atoms with E-state index >= 15 is 0 Å². The van der Waals surface area contributed by atoms with Crippen molar-refractivity contribution in [2.24, 2.45) is 11.8 Å². The Bertz CT molecular complexity index is 417. The quantitative estimate of drug-likeness (QED) is 0.486. The molecular formula is C15H22N2O2. The number of hydrogen-bond acceptors (Lipinski definition) is 3. The summed E-state index contributed by atoms with van der Waals surface area (Å²) in [6.07, 6.45) is 5.01. The first-order chi connectivity index (χ1) is 9.15. The molecule has 2 atom stereocenters. The predicted molar refractivity (Wildman–Crippen MR) is 76.2 cm³/mol. The minimum Gasteiger partial charge on any atom is -0.316 e. The highest BCUT2D eigenvalue weighted by molar-refractivity contribution is 5.32. The number of nitrogens with zero attached hydrogens (tertiary/aromatic N) is 1. The summed E-state index contributed by atoms with van der Waals surface area (Å²) in [4.78, 5) is 10.2. The summed E-state index contributed by atoms with van der Waals surface area (Å²) in [6, 6.07) is 6.84. The second kappa shape index (κ2) is 6.66. The maximum atomic E-state index is 10.5. The Hall–Kier alpha value is -1.42. The number of nitro groups is 1. The molecule has 1 N–H and O–H groups in total. The van der Waals surface area contributed by atoms with Crippen LogP contribution in [0.4, 0.5) is 5.69 Å². The Labute approximate surface area is 114 Å². The zero-order valence-electron chi connectivity index (χ0n) is 11.5. The van der Waals surface area contributed by atoms with Crippen molar-refractivity contribution in [2.45, 2.75) is 32.6 Å². The number of non-ortho nitro benzene ring substituents is 1. The van der Waals surface area contributed by atoms with E-state index in [1.165, 1.54) is 19.3 Å². The topological polar surface area (TPSA) is 55.2 Å². The van der Waals surface area contributed by atoms with Gasteiger partial charge in [0.05, 0.1) is 4.92 Å². The van der Waals surface area contributed by atoms with Gasteiger partial charge in [-0.25, -0.2) is 0 Å². The third kappa shape index (κ3) is 4.31. The second-order valence-corrected chi connectivity index (χ2v) is 5.66. The summed E-state index contributed by atoms with van der Waals surface area (Å²) >= 11 is 0. The Morgan fingerprint density at radius 1 is 1.32 bits per heavy atom. The molecule has 0 radical (unpaired) electrons. The van der Waals surface area contributed by atoms with Crippen LogP contribution < -0.4 is 5.32 Å². The van der Waals surface area contributed by atoms with Crippen LogP contribution in [0, 0.1) is 22.0 Å². The number of rotatable bonds is 6. The van der Waals surface area contributed by atoms with Gasteiger partial charge in [-0.15, -0.1) is 0 Å². The lowest BCUT2D eigenvalue weighted by Gasteiger charge is -2.10. The van der Waals surface area contributed by atoms with Gasteiger partial charge in [-0.05, 0) is 49.8 Å². The highest BCUT2D eigenvalue weighted by Crippen LogP contribution is 2.29. The molecule has 2 rings (SSSR count). The van der Waals surface area contributed by atoms with Gasteiger partial charge in [-0.2, -0.15) is 0 Å². The minimum absolute atomic E-state index is 0.164. The van der Waals surface area contributed by atoms with Crippen LogP contribution in [0.2, 0.25) is 0 Å². The van der Waals surface area contributed by atoms with Crippen LogP contribution in [0.15, 0.2) is 24.3 Å². The van der Waals surface area contributed by atoms with Gasteiger partial charge in [0, 0.05) is 12.1 Å². The average molecular weight is 262 g/mol. The molecule has 1 aliphatic carbocycles. The van der Waals surface area contributed by atoms with Crippen LogP contribution in [0.3, 0.4) is 0 Å². The van der Waals surface area contributed by atoms with Crippen LogP contribution in [-0.4, -0.2) is 18.0 Å². The molecule has 104 valence electrons. The van der Waals surface area contributed by atoms with Crippen LogP contribution >= 0.6 is 0 Å². The van der Waals surface area contributed by atoms with Crippen molar-refractivity contribution in [3.05, 3.63) is 39.9 Å². The first-order valence-electron chi connectivity index (χ1n) is 7.09. The largest absolute Gasteiger partial charge is 0.316 e. The Balaban J connectivity index is 1.66. The van der Waals surface area contributed by atoms with E-state index in [4.69, 9.17) is 0 Å². The maximum absolute atomic E-state index is 10.5. The van der Waals surface area contributed by atoms with Crippen LogP contribution in [0.1, 0.15) is 31.7 Å². The van der Waals surface area contributed by atoms with Gasteiger partial charge >= 0.3 is 0 Å². The number of nitro benzene ring substituents is 1. The van der Waals surface area contributed by atoms with E-state index < -0.39 is 0 Å². The van der Waals surface area contributed by atoms with Crippen molar-refractivity contribution in [3.63, 3.8) is 0 Å². The number of hydrogen-bond donors (Lipinski definition) is 1. The molecular weight excluding hydrogens is 240 g/mol. The van der Waals surface area contributed by atoms with Crippen molar-refractivity contribution in [1.29, 1.82) is 0 Å². The van der Waals surface area contributed by atoms with E-state index in [-0.39, 0.29) is 10.6 Å². The predicted octanol–water partition coefficient (Wildman–Crippen LogP) is 3.16. The summed E-state index contributed by atoms with van der Waals surface area (Å²) in [5.74, 6) is 1.73. The Morgan fingerprint density at radius 2 is 2.05 bits per heavy atom. The summed E-state index contributed by atoms with van der Waals surface area (Å²) in [6.45, 7) is 4.39. The first-order valence-corrected chi connectivity index (χ1v) is 7.09. The fourth-order valence-electron chi connectivity index (χ4n) is 2.83. The number of nitrogens with one attached hydrogen (secondary N) is 1. The molecule has 1 aromatic rings. The van der Waals surface area contributed by atoms with Crippen molar-refractivity contribution in [1.82, 2.24) is 5.32 Å². The van der Waals surface area contributed by atoms with Gasteiger partial charge < -0.3 is 5.32 Å². The first kappa shape index (κ1) is 14.0. The normalized spacial score (nSPS) is 22.6. The lowest BCUT2D eigenvalue weighted by Crippen LogP contribution is -2.23. The molecule has 0 spiro atoms. The maximum Gasteiger partial charge on any atom is 0.269 e. The summed E-state index contributed by atoms with van der Waals surface area (Å²) in [5.41, 5.74) is 1.31. The second-order valence-electron chi connectivity index (χ2n) is 5.66. The molecule has 1 saturated carbocycles. The van der Waals surface area contributed by atoms with Crippen molar-refractivity contribution >= 4 is 5.69 Å². The van der Waals surface area contributed by atoms with E-state index in [2.05, 4.69) is 12.2 Å². The van der Waals surface area contributed by atoms with Crippen LogP contribution in [0.5, 0.6) is 0 Å². The van der Waals surface area contributed by atoms with Crippen molar-refractivity contribution in [2.75, 3.05) is 13.1 Å². The Morgan fingerprint density at radius 3 is 2.63 bits per heavy atom. The van der Waals surface area contributed by atoms with Crippen LogP contribution in [0.25, 0.3) is 0 Å². The molecule has 0 amide bonds. The lowest BCUT2D eigenvalue weighted by molar-refractivity contribution is -0.384. The highest BCUT2D eigenvalue weighted by atomic mass is 16.6. The van der Waals surface area contributed by atoms with Crippen LogP contribution in [-0.2, 0) is 6.42 Å².